The van der Waals surface area contributed by atoms with Crippen LogP contribution in [-0.4, -0.2) is 23.5 Å². The second kappa shape index (κ2) is 6.73. The highest BCUT2D eigenvalue weighted by Crippen LogP contribution is 2.36. The van der Waals surface area contributed by atoms with Gasteiger partial charge in [-0.05, 0) is 61.7 Å². The number of nitrogens with one attached hydrogen (secondary N) is 1. The fraction of sp³-hybridized carbons (Fsp3) is 0.600. The van der Waals surface area contributed by atoms with Gasteiger partial charge in [0.05, 0.1) is 6.10 Å². The summed E-state index contributed by atoms with van der Waals surface area (Å²) in [6.45, 7) is 4.80. The topological polar surface area (TPSA) is 32.3 Å². The third-order valence-corrected chi connectivity index (χ3v) is 4.59. The van der Waals surface area contributed by atoms with Gasteiger partial charge in [0.15, 0.2) is 0 Å². The Morgan fingerprint density at radius 1 is 1.47 bits per heavy atom. The quantitative estimate of drug-likeness (QED) is 0.869. The molecule has 0 bridgehead atoms. The molecule has 0 saturated heterocycles. The molecule has 0 radical (unpaired) electrons. The average molecular weight is 283 g/mol. The largest absolute Gasteiger partial charge is 0.393 e. The third-order valence-electron chi connectivity index (χ3n) is 3.47. The van der Waals surface area contributed by atoms with Crippen molar-refractivity contribution >= 4 is 11.8 Å². The first kappa shape index (κ1) is 14.8. The minimum absolute atomic E-state index is 0.162. The first-order valence-corrected chi connectivity index (χ1v) is 7.88. The molecule has 4 heteroatoms. The zero-order valence-electron chi connectivity index (χ0n) is 11.5. The summed E-state index contributed by atoms with van der Waals surface area (Å²) in [5, 5.41) is 12.9. The van der Waals surface area contributed by atoms with Gasteiger partial charge in [0.25, 0.3) is 0 Å². The first-order chi connectivity index (χ1) is 9.06. The highest BCUT2D eigenvalue weighted by atomic mass is 32.2. The summed E-state index contributed by atoms with van der Waals surface area (Å²) in [7, 11) is 0. The molecule has 3 atom stereocenters. The Morgan fingerprint density at radius 2 is 2.26 bits per heavy atom. The summed E-state index contributed by atoms with van der Waals surface area (Å²) < 4.78 is 13.4. The van der Waals surface area contributed by atoms with Crippen molar-refractivity contribution in [1.82, 2.24) is 5.32 Å². The standard InChI is InChI=1S/C15H22FNOS/c1-10(7-11(2)18)9-17-14-5-6-19-15-4-3-12(16)8-13(14)15/h3-4,8,10-11,14,17-18H,5-7,9H2,1-2H3. The minimum Gasteiger partial charge on any atom is -0.393 e. The molecule has 3 unspecified atom stereocenters. The SMILES string of the molecule is CC(O)CC(C)CNC1CCSc2ccc(F)cc21. The van der Waals surface area contributed by atoms with Crippen LogP contribution >= 0.6 is 11.8 Å². The van der Waals surface area contributed by atoms with Gasteiger partial charge in [0.1, 0.15) is 5.82 Å². The summed E-state index contributed by atoms with van der Waals surface area (Å²) in [6, 6.07) is 5.30. The molecule has 1 aliphatic heterocycles. The van der Waals surface area contributed by atoms with Crippen LogP contribution in [0.5, 0.6) is 0 Å². The number of aliphatic hydroxyl groups excluding tert-OH is 1. The molecular formula is C15H22FNOS. The van der Waals surface area contributed by atoms with E-state index in [1.807, 2.05) is 13.0 Å². The maximum absolute atomic E-state index is 13.4. The molecule has 1 aromatic rings. The lowest BCUT2D eigenvalue weighted by Gasteiger charge is -2.27. The smallest absolute Gasteiger partial charge is 0.123 e. The predicted molar refractivity (Wildman–Crippen MR) is 77.9 cm³/mol. The number of hydrogen-bond acceptors (Lipinski definition) is 3. The lowest BCUT2D eigenvalue weighted by Crippen LogP contribution is -2.29. The Morgan fingerprint density at radius 3 is 3.00 bits per heavy atom. The van der Waals surface area contributed by atoms with Crippen molar-refractivity contribution in [1.29, 1.82) is 0 Å². The Balaban J connectivity index is 1.97. The van der Waals surface area contributed by atoms with Crippen LogP contribution in [0.1, 0.15) is 38.3 Å². The van der Waals surface area contributed by atoms with E-state index in [1.54, 1.807) is 17.8 Å². The summed E-state index contributed by atoms with van der Waals surface area (Å²) in [6.07, 6.45) is 1.57. The van der Waals surface area contributed by atoms with Crippen molar-refractivity contribution in [2.45, 2.75) is 43.7 Å². The molecule has 2 rings (SSSR count). The van der Waals surface area contributed by atoms with Crippen molar-refractivity contribution in [3.8, 4) is 0 Å². The summed E-state index contributed by atoms with van der Waals surface area (Å²) in [4.78, 5) is 1.19. The van der Waals surface area contributed by atoms with Gasteiger partial charge in [-0.2, -0.15) is 0 Å². The van der Waals surface area contributed by atoms with Crippen molar-refractivity contribution in [2.24, 2.45) is 5.92 Å². The first-order valence-electron chi connectivity index (χ1n) is 6.90. The van der Waals surface area contributed by atoms with Crippen molar-refractivity contribution in [3.05, 3.63) is 29.6 Å². The zero-order chi connectivity index (χ0) is 13.8. The van der Waals surface area contributed by atoms with E-state index < -0.39 is 0 Å². The van der Waals surface area contributed by atoms with E-state index in [4.69, 9.17) is 0 Å². The highest BCUT2D eigenvalue weighted by molar-refractivity contribution is 7.99. The highest BCUT2D eigenvalue weighted by Gasteiger charge is 2.21. The van der Waals surface area contributed by atoms with Crippen molar-refractivity contribution in [2.75, 3.05) is 12.3 Å². The molecule has 1 aliphatic rings. The van der Waals surface area contributed by atoms with Gasteiger partial charge in [-0.1, -0.05) is 6.92 Å². The molecule has 0 amide bonds. The van der Waals surface area contributed by atoms with E-state index in [0.717, 1.165) is 30.7 Å². The number of benzene rings is 1. The van der Waals surface area contributed by atoms with E-state index in [-0.39, 0.29) is 18.0 Å². The Kier molecular flexibility index (Phi) is 5.25. The Hall–Kier alpha value is -0.580. The molecule has 0 saturated carbocycles. The molecule has 2 N–H and O–H groups in total. The summed E-state index contributed by atoms with van der Waals surface area (Å²) in [5.74, 6) is 1.33. The molecule has 19 heavy (non-hydrogen) atoms. The lowest BCUT2D eigenvalue weighted by molar-refractivity contribution is 0.162. The maximum atomic E-state index is 13.4. The fourth-order valence-electron chi connectivity index (χ4n) is 2.59. The predicted octanol–water partition coefficient (Wildman–Crippen LogP) is 3.36. The van der Waals surface area contributed by atoms with Crippen LogP contribution in [0.25, 0.3) is 0 Å². The molecule has 0 aliphatic carbocycles. The minimum atomic E-state index is -0.261. The maximum Gasteiger partial charge on any atom is 0.123 e. The Labute approximate surface area is 118 Å². The van der Waals surface area contributed by atoms with Gasteiger partial charge in [-0.3, -0.25) is 0 Å². The van der Waals surface area contributed by atoms with Gasteiger partial charge >= 0.3 is 0 Å². The zero-order valence-corrected chi connectivity index (χ0v) is 12.3. The third kappa shape index (κ3) is 4.20. The van der Waals surface area contributed by atoms with E-state index >= 15 is 0 Å². The van der Waals surface area contributed by atoms with Gasteiger partial charge < -0.3 is 10.4 Å². The van der Waals surface area contributed by atoms with Crippen LogP contribution in [0.3, 0.4) is 0 Å². The van der Waals surface area contributed by atoms with Crippen LogP contribution < -0.4 is 5.32 Å². The van der Waals surface area contributed by atoms with E-state index in [1.165, 1.54) is 11.0 Å². The fourth-order valence-corrected chi connectivity index (χ4v) is 3.69. The van der Waals surface area contributed by atoms with E-state index in [0.29, 0.717) is 5.92 Å². The van der Waals surface area contributed by atoms with Gasteiger partial charge in [0, 0.05) is 10.9 Å². The van der Waals surface area contributed by atoms with Crippen molar-refractivity contribution in [3.63, 3.8) is 0 Å². The molecule has 1 aromatic carbocycles. The van der Waals surface area contributed by atoms with Gasteiger partial charge in [-0.25, -0.2) is 4.39 Å². The number of halogens is 1. The van der Waals surface area contributed by atoms with Crippen LogP contribution in [-0.2, 0) is 0 Å². The molecule has 2 nitrogen and oxygen atoms in total. The second-order valence-corrected chi connectivity index (χ2v) is 6.61. The number of thioether (sulfide) groups is 1. The molecule has 106 valence electrons. The normalized spacial score (nSPS) is 21.8. The average Bonchev–Trinajstić information content (AvgIpc) is 2.35. The molecule has 0 spiro atoms. The Bertz CT molecular complexity index is 425. The van der Waals surface area contributed by atoms with Crippen LogP contribution in [0, 0.1) is 11.7 Å². The molecule has 0 aromatic heterocycles. The van der Waals surface area contributed by atoms with Gasteiger partial charge in [-0.15, -0.1) is 11.8 Å². The number of hydrogen-bond donors (Lipinski definition) is 2. The molecular weight excluding hydrogens is 261 g/mol. The second-order valence-electron chi connectivity index (χ2n) is 5.47. The lowest BCUT2D eigenvalue weighted by atomic mass is 10.0. The number of rotatable bonds is 5. The monoisotopic (exact) mass is 283 g/mol. The van der Waals surface area contributed by atoms with E-state index in [9.17, 15) is 9.50 Å². The number of fused-ring (bicyclic) bond motifs is 1. The molecule has 1 heterocycles. The van der Waals surface area contributed by atoms with E-state index in [2.05, 4.69) is 12.2 Å². The number of aliphatic hydroxyl groups is 1. The van der Waals surface area contributed by atoms with Gasteiger partial charge in [0.2, 0.25) is 0 Å². The molecule has 0 fully saturated rings. The summed E-state index contributed by atoms with van der Waals surface area (Å²) in [5.41, 5.74) is 1.08. The van der Waals surface area contributed by atoms with Crippen LogP contribution in [0.2, 0.25) is 0 Å². The van der Waals surface area contributed by atoms with Crippen LogP contribution in [0.4, 0.5) is 4.39 Å². The summed E-state index contributed by atoms with van der Waals surface area (Å²) >= 11 is 1.80. The van der Waals surface area contributed by atoms with Crippen LogP contribution in [0.15, 0.2) is 23.1 Å². The van der Waals surface area contributed by atoms with Crippen molar-refractivity contribution < 1.29 is 9.50 Å².